The van der Waals surface area contributed by atoms with E-state index in [4.69, 9.17) is 23.8 Å². The van der Waals surface area contributed by atoms with Crippen molar-refractivity contribution in [3.05, 3.63) is 48.6 Å². The molecule has 61 heavy (non-hydrogen) atoms. The molecule has 0 heterocycles. The monoisotopic (exact) mass is 907 g/mol. The van der Waals surface area contributed by atoms with Crippen LogP contribution in [0.25, 0.3) is 0 Å². The summed E-state index contributed by atoms with van der Waals surface area (Å²) in [6.45, 7) is 3.78. The Morgan fingerprint density at radius 1 is 0.574 bits per heavy atom. The van der Waals surface area contributed by atoms with Crippen LogP contribution in [0.4, 0.5) is 0 Å². The highest BCUT2D eigenvalue weighted by molar-refractivity contribution is 7.47. The van der Waals surface area contributed by atoms with Gasteiger partial charge in [0, 0.05) is 19.3 Å². The number of aliphatic hydroxyl groups is 1. The van der Waals surface area contributed by atoms with Crippen LogP contribution in [0, 0.1) is 5.92 Å². The lowest BCUT2D eigenvalue weighted by molar-refractivity contribution is -0.161. The highest BCUT2D eigenvalue weighted by Crippen LogP contribution is 2.43. The van der Waals surface area contributed by atoms with Gasteiger partial charge >= 0.3 is 27.6 Å². The summed E-state index contributed by atoms with van der Waals surface area (Å²) >= 11 is 0. The summed E-state index contributed by atoms with van der Waals surface area (Å²) in [6, 6.07) is 0. The normalized spacial score (nSPS) is 14.4. The Morgan fingerprint density at radius 2 is 1.11 bits per heavy atom. The fraction of sp³-hybridized carbons (Fsp3) is 0.756. The molecule has 0 bridgehead atoms. The van der Waals surface area contributed by atoms with Gasteiger partial charge < -0.3 is 29.3 Å². The minimum absolute atomic E-state index is 0.0760. The molecule has 0 aromatic rings. The Morgan fingerprint density at radius 3 is 1.72 bits per heavy atom. The first-order chi connectivity index (χ1) is 29.1. The predicted molar refractivity (Wildman–Crippen MR) is 239 cm³/mol. The van der Waals surface area contributed by atoms with Crippen LogP contribution < -0.4 is 0 Å². The van der Waals surface area contributed by atoms with Gasteiger partial charge in [0.25, 0.3) is 0 Å². The van der Waals surface area contributed by atoms with Crippen LogP contribution in [0.15, 0.2) is 48.6 Å². The largest absolute Gasteiger partial charge is 0.472 e. The molecule has 14 nitrogen and oxygen atoms in total. The maximum Gasteiger partial charge on any atom is 0.472 e. The molecule has 3 atom stereocenters. The van der Waals surface area contributed by atoms with Crippen LogP contribution in [0.5, 0.6) is 0 Å². The molecule has 0 aliphatic heterocycles. The van der Waals surface area contributed by atoms with Crippen molar-refractivity contribution in [2.45, 2.75) is 187 Å². The van der Waals surface area contributed by atoms with Gasteiger partial charge in [-0.3, -0.25) is 28.0 Å². The average Bonchev–Trinajstić information content (AvgIpc) is 3.20. The van der Waals surface area contributed by atoms with Crippen LogP contribution >= 0.6 is 15.6 Å². The topological polar surface area (TPSA) is 212 Å². The van der Waals surface area contributed by atoms with Crippen LogP contribution in [0.1, 0.15) is 175 Å². The molecule has 0 saturated heterocycles. The second-order valence-electron chi connectivity index (χ2n) is 15.8. The van der Waals surface area contributed by atoms with E-state index in [0.717, 1.165) is 44.4 Å². The van der Waals surface area contributed by atoms with Gasteiger partial charge in [-0.2, -0.15) is 0 Å². The first-order valence-electron chi connectivity index (χ1n) is 22.6. The van der Waals surface area contributed by atoms with Crippen LogP contribution in [-0.4, -0.2) is 76.1 Å². The number of carbonyl (C=O) groups excluding carboxylic acids is 3. The van der Waals surface area contributed by atoms with E-state index >= 15 is 0 Å². The lowest BCUT2D eigenvalue weighted by Crippen LogP contribution is -2.30. The van der Waals surface area contributed by atoms with Crippen LogP contribution in [0.2, 0.25) is 0 Å². The molecule has 0 spiro atoms. The number of esters is 2. The van der Waals surface area contributed by atoms with Crippen molar-refractivity contribution in [1.82, 2.24) is 0 Å². The number of phosphoric acid groups is 2. The average molecular weight is 907 g/mol. The molecular weight excluding hydrogens is 826 g/mol. The summed E-state index contributed by atoms with van der Waals surface area (Å²) in [4.78, 5) is 65.0. The molecule has 354 valence electrons. The third-order valence-electron chi connectivity index (χ3n) is 9.36. The Labute approximate surface area is 366 Å². The van der Waals surface area contributed by atoms with Crippen LogP contribution in [-0.2, 0) is 46.6 Å². The summed E-state index contributed by atoms with van der Waals surface area (Å²) in [7, 11) is -9.76. The molecule has 0 saturated carbocycles. The number of ketones is 1. The molecule has 4 N–H and O–H groups in total. The molecule has 0 radical (unpaired) electrons. The van der Waals surface area contributed by atoms with Crippen molar-refractivity contribution in [1.29, 1.82) is 0 Å². The summed E-state index contributed by atoms with van der Waals surface area (Å²) in [5.74, 6) is -0.675. The zero-order valence-electron chi connectivity index (χ0n) is 37.4. The van der Waals surface area contributed by atoms with Gasteiger partial charge in [-0.1, -0.05) is 160 Å². The SMILES string of the molecule is CCCCC/C=C\C/C=C\C/C=C\C=C\C(=O)CCCC(=O)O[C@H](COC(=O)CCCCCCCCCCCCCCCC(C)C)COP(=O)(O)OC[C@@H](O)COP(=O)(O)O. The van der Waals surface area contributed by atoms with Gasteiger partial charge in [-0.05, 0) is 50.5 Å². The molecule has 0 aromatic carbocycles. The van der Waals surface area contributed by atoms with Crippen LogP contribution in [0.3, 0.4) is 0 Å². The van der Waals surface area contributed by atoms with Gasteiger partial charge in [0.1, 0.15) is 12.7 Å². The highest BCUT2D eigenvalue weighted by Gasteiger charge is 2.28. The molecule has 1 unspecified atom stereocenters. The van der Waals surface area contributed by atoms with E-state index in [-0.39, 0.29) is 31.5 Å². The number of rotatable bonds is 42. The Hall–Kier alpha value is -2.25. The number of unbranched alkanes of at least 4 members (excludes halogenated alkanes) is 15. The van der Waals surface area contributed by atoms with E-state index in [2.05, 4.69) is 54.1 Å². The molecular formula is C45H80O14P2. The summed E-state index contributed by atoms with van der Waals surface area (Å²) in [5, 5.41) is 9.74. The fourth-order valence-corrected chi connectivity index (χ4v) is 7.05. The number of hydrogen-bond acceptors (Lipinski definition) is 11. The standard InChI is InChI=1S/C45H80O14P2/c1-4-5-6-7-8-9-10-12-16-19-22-25-28-32-41(46)33-30-35-45(49)59-43(39-58-61(53,54)57-37-42(47)36-56-60(50,51)52)38-55-44(48)34-29-26-23-20-17-14-11-13-15-18-21-24-27-31-40(2)3/h8-9,12,16,22,25,28,32,40,42-43,47H,4-7,10-11,13-15,17-21,23-24,26-27,29-31,33-39H2,1-3H3,(H,53,54)(H2,50,51,52)/b9-8-,16-12-,25-22-,32-28+/t42-,43+/m0/s1. The van der Waals surface area contributed by atoms with Crippen molar-refractivity contribution in [3.8, 4) is 0 Å². The van der Waals surface area contributed by atoms with Gasteiger partial charge in [0.2, 0.25) is 0 Å². The lowest BCUT2D eigenvalue weighted by atomic mass is 10.0. The van der Waals surface area contributed by atoms with Crippen molar-refractivity contribution >= 4 is 33.4 Å². The molecule has 0 aromatic heterocycles. The lowest BCUT2D eigenvalue weighted by Gasteiger charge is -2.20. The Balaban J connectivity index is 4.68. The van der Waals surface area contributed by atoms with E-state index in [0.29, 0.717) is 6.42 Å². The molecule has 0 rings (SSSR count). The minimum Gasteiger partial charge on any atom is -0.462 e. The number of phosphoric ester groups is 2. The highest BCUT2D eigenvalue weighted by atomic mass is 31.2. The number of carbonyl (C=O) groups is 3. The van der Waals surface area contributed by atoms with Gasteiger partial charge in [0.05, 0.1) is 19.8 Å². The first-order valence-corrected chi connectivity index (χ1v) is 25.7. The molecule has 0 aliphatic rings. The third-order valence-corrected chi connectivity index (χ3v) is 10.8. The van der Waals surface area contributed by atoms with Crippen molar-refractivity contribution < 1.29 is 66.3 Å². The number of aliphatic hydroxyl groups excluding tert-OH is 1. The summed E-state index contributed by atoms with van der Waals surface area (Å²) in [5.41, 5.74) is 0. The van der Waals surface area contributed by atoms with E-state index in [1.807, 2.05) is 6.08 Å². The third kappa shape index (κ3) is 44.2. The molecule has 16 heteroatoms. The van der Waals surface area contributed by atoms with E-state index in [1.54, 1.807) is 12.2 Å². The van der Waals surface area contributed by atoms with E-state index < -0.39 is 66.2 Å². The maximum absolute atomic E-state index is 12.7. The summed E-state index contributed by atoms with van der Waals surface area (Å²) in [6.07, 6.45) is 35.5. The van der Waals surface area contributed by atoms with Gasteiger partial charge in [0.15, 0.2) is 11.9 Å². The Kier molecular flexibility index (Phi) is 37.9. The molecule has 0 aliphatic carbocycles. The molecule has 0 fully saturated rings. The Bertz CT molecular complexity index is 1340. The van der Waals surface area contributed by atoms with E-state index in [9.17, 15) is 33.5 Å². The zero-order chi connectivity index (χ0) is 45.5. The van der Waals surface area contributed by atoms with Crippen molar-refractivity contribution in [2.75, 3.05) is 26.4 Å². The first kappa shape index (κ1) is 58.8. The second kappa shape index (κ2) is 39.3. The van der Waals surface area contributed by atoms with Crippen molar-refractivity contribution in [3.63, 3.8) is 0 Å². The van der Waals surface area contributed by atoms with Gasteiger partial charge in [-0.25, -0.2) is 9.13 Å². The maximum atomic E-state index is 12.7. The van der Waals surface area contributed by atoms with Gasteiger partial charge in [-0.15, -0.1) is 0 Å². The quantitative estimate of drug-likeness (QED) is 0.0112. The minimum atomic E-state index is -4.89. The summed E-state index contributed by atoms with van der Waals surface area (Å²) < 4.78 is 47.6. The second-order valence-corrected chi connectivity index (χ2v) is 18.5. The predicted octanol–water partition coefficient (Wildman–Crippen LogP) is 10.9. The fourth-order valence-electron chi connectivity index (χ4n) is 5.90. The zero-order valence-corrected chi connectivity index (χ0v) is 39.2. The smallest absolute Gasteiger partial charge is 0.462 e. The number of ether oxygens (including phenoxy) is 2. The number of allylic oxidation sites excluding steroid dienone is 8. The van der Waals surface area contributed by atoms with Crippen molar-refractivity contribution in [2.24, 2.45) is 5.92 Å². The number of hydrogen-bond donors (Lipinski definition) is 4. The molecule has 0 amide bonds. The van der Waals surface area contributed by atoms with E-state index in [1.165, 1.54) is 89.5 Å².